The minimum atomic E-state index is -0.237. The number of nitrogens with one attached hydrogen (secondary N) is 1. The second-order valence-corrected chi connectivity index (χ2v) is 5.40. The van der Waals surface area contributed by atoms with E-state index in [9.17, 15) is 4.79 Å². The summed E-state index contributed by atoms with van der Waals surface area (Å²) in [6.07, 6.45) is 4.06. The fourth-order valence-electron chi connectivity index (χ4n) is 2.64. The molecule has 3 N–H and O–H groups in total. The SMILES string of the molecule is NCC1(C(=O)NCCCN2CCOCC2)CCC1. The van der Waals surface area contributed by atoms with E-state index in [1.807, 2.05) is 0 Å². The van der Waals surface area contributed by atoms with E-state index in [1.54, 1.807) is 0 Å². The molecule has 0 aromatic rings. The number of nitrogens with zero attached hydrogens (tertiary/aromatic N) is 1. The van der Waals surface area contributed by atoms with Gasteiger partial charge in [-0.2, -0.15) is 0 Å². The van der Waals surface area contributed by atoms with E-state index in [1.165, 1.54) is 0 Å². The van der Waals surface area contributed by atoms with Gasteiger partial charge in [0.05, 0.1) is 18.6 Å². The minimum Gasteiger partial charge on any atom is -0.379 e. The number of carbonyl (C=O) groups is 1. The van der Waals surface area contributed by atoms with Gasteiger partial charge in [-0.05, 0) is 25.8 Å². The van der Waals surface area contributed by atoms with Gasteiger partial charge in [0.15, 0.2) is 0 Å². The van der Waals surface area contributed by atoms with Gasteiger partial charge < -0.3 is 15.8 Å². The van der Waals surface area contributed by atoms with Gasteiger partial charge in [0.2, 0.25) is 5.91 Å². The van der Waals surface area contributed by atoms with Crippen LogP contribution in [0.3, 0.4) is 0 Å². The summed E-state index contributed by atoms with van der Waals surface area (Å²) in [6, 6.07) is 0. The van der Waals surface area contributed by atoms with Crippen LogP contribution in [0.5, 0.6) is 0 Å². The van der Waals surface area contributed by atoms with Crippen LogP contribution < -0.4 is 11.1 Å². The summed E-state index contributed by atoms with van der Waals surface area (Å²) in [7, 11) is 0. The molecule has 0 spiro atoms. The van der Waals surface area contributed by atoms with E-state index in [4.69, 9.17) is 10.5 Å². The Hall–Kier alpha value is -0.650. The molecule has 18 heavy (non-hydrogen) atoms. The van der Waals surface area contributed by atoms with Crippen molar-refractivity contribution in [3.05, 3.63) is 0 Å². The van der Waals surface area contributed by atoms with Gasteiger partial charge in [-0.1, -0.05) is 6.42 Å². The van der Waals surface area contributed by atoms with E-state index in [0.29, 0.717) is 6.54 Å². The molecule has 0 aromatic heterocycles. The first-order chi connectivity index (χ1) is 8.77. The molecule has 5 heteroatoms. The van der Waals surface area contributed by atoms with Gasteiger partial charge in [-0.3, -0.25) is 9.69 Å². The lowest BCUT2D eigenvalue weighted by atomic mass is 9.68. The van der Waals surface area contributed by atoms with Crippen LogP contribution >= 0.6 is 0 Å². The normalized spacial score (nSPS) is 23.4. The van der Waals surface area contributed by atoms with Gasteiger partial charge in [-0.25, -0.2) is 0 Å². The number of nitrogens with two attached hydrogens (primary N) is 1. The van der Waals surface area contributed by atoms with E-state index < -0.39 is 0 Å². The van der Waals surface area contributed by atoms with Gasteiger partial charge in [0, 0.05) is 26.2 Å². The molecule has 0 radical (unpaired) electrons. The monoisotopic (exact) mass is 255 g/mol. The Kier molecular flexibility index (Phi) is 4.97. The molecule has 1 heterocycles. The zero-order valence-electron chi connectivity index (χ0n) is 11.1. The highest BCUT2D eigenvalue weighted by molar-refractivity contribution is 5.83. The molecule has 0 aromatic carbocycles. The molecule has 2 aliphatic rings. The smallest absolute Gasteiger partial charge is 0.227 e. The number of amides is 1. The van der Waals surface area contributed by atoms with Crippen molar-refractivity contribution >= 4 is 5.91 Å². The van der Waals surface area contributed by atoms with Crippen molar-refractivity contribution in [2.75, 3.05) is 45.9 Å². The summed E-state index contributed by atoms with van der Waals surface area (Å²) < 4.78 is 5.30. The van der Waals surface area contributed by atoms with Crippen LogP contribution in [0, 0.1) is 5.41 Å². The van der Waals surface area contributed by atoms with Crippen molar-refractivity contribution in [1.82, 2.24) is 10.2 Å². The van der Waals surface area contributed by atoms with Crippen molar-refractivity contribution in [2.45, 2.75) is 25.7 Å². The lowest BCUT2D eigenvalue weighted by molar-refractivity contribution is -0.135. The van der Waals surface area contributed by atoms with E-state index >= 15 is 0 Å². The average Bonchev–Trinajstić information content (AvgIpc) is 2.35. The van der Waals surface area contributed by atoms with Crippen LogP contribution in [0.25, 0.3) is 0 Å². The zero-order valence-corrected chi connectivity index (χ0v) is 11.1. The minimum absolute atomic E-state index is 0.165. The Morgan fingerprint density at radius 3 is 2.61 bits per heavy atom. The molecule has 1 saturated heterocycles. The number of morpholine rings is 1. The Morgan fingerprint density at radius 1 is 1.33 bits per heavy atom. The maximum Gasteiger partial charge on any atom is 0.227 e. The fraction of sp³-hybridized carbons (Fsp3) is 0.923. The summed E-state index contributed by atoms with van der Waals surface area (Å²) >= 11 is 0. The number of ether oxygens (including phenoxy) is 1. The molecule has 1 amide bonds. The topological polar surface area (TPSA) is 67.6 Å². The van der Waals surface area contributed by atoms with Crippen molar-refractivity contribution in [1.29, 1.82) is 0 Å². The number of hydrogen-bond acceptors (Lipinski definition) is 4. The summed E-state index contributed by atoms with van der Waals surface area (Å²) in [5, 5.41) is 3.04. The molecule has 1 aliphatic heterocycles. The molecule has 5 nitrogen and oxygen atoms in total. The van der Waals surface area contributed by atoms with Crippen molar-refractivity contribution in [2.24, 2.45) is 11.1 Å². The quantitative estimate of drug-likeness (QED) is 0.653. The third kappa shape index (κ3) is 3.22. The van der Waals surface area contributed by atoms with Crippen LogP contribution in [0.15, 0.2) is 0 Å². The molecule has 0 bridgehead atoms. The molecule has 0 atom stereocenters. The third-order valence-electron chi connectivity index (χ3n) is 4.22. The highest BCUT2D eigenvalue weighted by Crippen LogP contribution is 2.39. The zero-order chi connectivity index (χ0) is 12.8. The first-order valence-electron chi connectivity index (χ1n) is 7.05. The molecule has 2 fully saturated rings. The molecular formula is C13H25N3O2. The van der Waals surface area contributed by atoms with Crippen molar-refractivity contribution < 1.29 is 9.53 Å². The van der Waals surface area contributed by atoms with Crippen molar-refractivity contribution in [3.63, 3.8) is 0 Å². The highest BCUT2D eigenvalue weighted by atomic mass is 16.5. The third-order valence-corrected chi connectivity index (χ3v) is 4.22. The summed E-state index contributed by atoms with van der Waals surface area (Å²) in [4.78, 5) is 14.4. The summed E-state index contributed by atoms with van der Waals surface area (Å²) in [5.74, 6) is 0.165. The predicted molar refractivity (Wildman–Crippen MR) is 70.2 cm³/mol. The molecule has 0 unspecified atom stereocenters. The van der Waals surface area contributed by atoms with Crippen molar-refractivity contribution in [3.8, 4) is 0 Å². The maximum absolute atomic E-state index is 12.0. The summed E-state index contributed by atoms with van der Waals surface area (Å²) in [5.41, 5.74) is 5.47. The molecule has 2 rings (SSSR count). The first kappa shape index (κ1) is 13.8. The predicted octanol–water partition coefficient (Wildman–Crippen LogP) is -0.0461. The second-order valence-electron chi connectivity index (χ2n) is 5.40. The van der Waals surface area contributed by atoms with Crippen LogP contribution in [0.2, 0.25) is 0 Å². The van der Waals surface area contributed by atoms with Crippen LogP contribution in [-0.4, -0.2) is 56.7 Å². The molecule has 104 valence electrons. The van der Waals surface area contributed by atoms with Crippen LogP contribution in [0.4, 0.5) is 0 Å². The van der Waals surface area contributed by atoms with Gasteiger partial charge in [0.25, 0.3) is 0 Å². The van der Waals surface area contributed by atoms with Gasteiger partial charge >= 0.3 is 0 Å². The van der Waals surface area contributed by atoms with Crippen LogP contribution in [-0.2, 0) is 9.53 Å². The van der Waals surface area contributed by atoms with E-state index in [-0.39, 0.29) is 11.3 Å². The number of carbonyl (C=O) groups excluding carboxylic acids is 1. The maximum atomic E-state index is 12.0. The largest absolute Gasteiger partial charge is 0.379 e. The Labute approximate surface area is 109 Å². The van der Waals surface area contributed by atoms with Gasteiger partial charge in [0.1, 0.15) is 0 Å². The Morgan fingerprint density at radius 2 is 2.06 bits per heavy atom. The lowest BCUT2D eigenvalue weighted by Gasteiger charge is -2.39. The first-order valence-corrected chi connectivity index (χ1v) is 7.05. The van der Waals surface area contributed by atoms with E-state index in [2.05, 4.69) is 10.2 Å². The molecule has 1 saturated carbocycles. The Balaban J connectivity index is 1.58. The average molecular weight is 255 g/mol. The molecule has 1 aliphatic carbocycles. The molecular weight excluding hydrogens is 230 g/mol. The lowest BCUT2D eigenvalue weighted by Crippen LogP contribution is -2.50. The number of hydrogen-bond donors (Lipinski definition) is 2. The Bertz CT molecular complexity index is 268. The number of rotatable bonds is 6. The highest BCUT2D eigenvalue weighted by Gasteiger charge is 2.42. The van der Waals surface area contributed by atoms with E-state index in [0.717, 1.165) is 65.1 Å². The summed E-state index contributed by atoms with van der Waals surface area (Å²) in [6.45, 7) is 5.99. The standard InChI is InChI=1S/C13H25N3O2/c14-11-13(3-1-4-13)12(17)15-5-2-6-16-7-9-18-10-8-16/h1-11,14H2,(H,15,17). The fourth-order valence-corrected chi connectivity index (χ4v) is 2.64. The van der Waals surface area contributed by atoms with Gasteiger partial charge in [-0.15, -0.1) is 0 Å². The van der Waals surface area contributed by atoms with Crippen LogP contribution in [0.1, 0.15) is 25.7 Å². The second kappa shape index (κ2) is 6.50.